The fourth-order valence-corrected chi connectivity index (χ4v) is 2.39. The van der Waals surface area contributed by atoms with Gasteiger partial charge in [-0.1, -0.05) is 11.3 Å². The van der Waals surface area contributed by atoms with Crippen LogP contribution in [0.2, 0.25) is 0 Å². The molecular formula is C12H12N2O4S. The van der Waals surface area contributed by atoms with E-state index in [1.54, 1.807) is 12.1 Å². The lowest BCUT2D eigenvalue weighted by Gasteiger charge is -2.08. The number of rotatable bonds is 3. The van der Waals surface area contributed by atoms with Crippen molar-refractivity contribution in [2.45, 2.75) is 6.92 Å². The van der Waals surface area contributed by atoms with Crippen molar-refractivity contribution >= 4 is 33.3 Å². The maximum absolute atomic E-state index is 12.0. The number of benzene rings is 1. The fourth-order valence-electron chi connectivity index (χ4n) is 1.60. The second-order valence-electron chi connectivity index (χ2n) is 3.71. The number of hydrogen-bond acceptors (Lipinski definition) is 6. The van der Waals surface area contributed by atoms with Crippen LogP contribution in [-0.2, 0) is 4.79 Å². The molecule has 2 aromatic rings. The van der Waals surface area contributed by atoms with Crippen LogP contribution < -0.4 is 19.5 Å². The average molecular weight is 280 g/mol. The third kappa shape index (κ3) is 2.65. The van der Waals surface area contributed by atoms with E-state index in [0.717, 1.165) is 11.3 Å². The van der Waals surface area contributed by atoms with Gasteiger partial charge >= 0.3 is 0 Å². The molecule has 0 unspecified atom stereocenters. The van der Waals surface area contributed by atoms with Gasteiger partial charge in [0.15, 0.2) is 16.6 Å². The van der Waals surface area contributed by atoms with E-state index in [0.29, 0.717) is 22.4 Å². The van der Waals surface area contributed by atoms with Gasteiger partial charge in [-0.3, -0.25) is 9.59 Å². The minimum atomic E-state index is -0.275. The lowest BCUT2D eigenvalue weighted by molar-refractivity contribution is -0.114. The molecule has 0 atom stereocenters. The molecule has 0 aliphatic heterocycles. The number of methoxy groups -OCH3 is 2. The van der Waals surface area contributed by atoms with Gasteiger partial charge in [0, 0.05) is 13.0 Å². The largest absolute Gasteiger partial charge is 0.493 e. The van der Waals surface area contributed by atoms with Crippen LogP contribution in [0.15, 0.2) is 16.9 Å². The van der Waals surface area contributed by atoms with Gasteiger partial charge in [-0.2, -0.15) is 0 Å². The fraction of sp³-hybridized carbons (Fsp3) is 0.250. The van der Waals surface area contributed by atoms with Crippen molar-refractivity contribution < 1.29 is 14.3 Å². The van der Waals surface area contributed by atoms with Crippen LogP contribution in [0.4, 0.5) is 5.13 Å². The summed E-state index contributed by atoms with van der Waals surface area (Å²) in [5.74, 6) is 0.670. The number of carbonyl (C=O) groups excluding carboxylic acids is 1. The number of nitrogens with one attached hydrogen (secondary N) is 1. The maximum Gasteiger partial charge on any atom is 0.245 e. The zero-order valence-electron chi connectivity index (χ0n) is 10.6. The second-order valence-corrected chi connectivity index (χ2v) is 4.67. The van der Waals surface area contributed by atoms with E-state index in [1.807, 2.05) is 0 Å². The Balaban J connectivity index is 2.67. The number of nitrogens with zero attached hydrogens (tertiary/aromatic N) is 1. The normalized spacial score (nSPS) is 10.3. The van der Waals surface area contributed by atoms with Crippen LogP contribution in [0, 0.1) is 0 Å². The third-order valence-corrected chi connectivity index (χ3v) is 3.21. The molecule has 1 N–H and O–H groups in total. The molecule has 1 amide bonds. The average Bonchev–Trinajstić information content (AvgIpc) is 2.36. The highest BCUT2D eigenvalue weighted by atomic mass is 32.1. The van der Waals surface area contributed by atoms with Crippen LogP contribution in [0.3, 0.4) is 0 Å². The summed E-state index contributed by atoms with van der Waals surface area (Å²) in [6, 6.07) is 3.19. The summed E-state index contributed by atoms with van der Waals surface area (Å²) in [5.41, 5.74) is 0.449. The first-order chi connectivity index (χ1) is 9.05. The molecule has 1 heterocycles. The molecule has 100 valence electrons. The van der Waals surface area contributed by atoms with E-state index in [-0.39, 0.29) is 15.8 Å². The Hall–Kier alpha value is -2.15. The Kier molecular flexibility index (Phi) is 3.66. The zero-order valence-corrected chi connectivity index (χ0v) is 11.5. The summed E-state index contributed by atoms with van der Waals surface area (Å²) in [6.07, 6.45) is 0. The van der Waals surface area contributed by atoms with E-state index in [1.165, 1.54) is 21.1 Å². The van der Waals surface area contributed by atoms with Gasteiger partial charge in [-0.25, -0.2) is 4.98 Å². The smallest absolute Gasteiger partial charge is 0.245 e. The molecule has 7 heteroatoms. The highest BCUT2D eigenvalue weighted by Gasteiger charge is 2.11. The Labute approximate surface area is 113 Å². The van der Waals surface area contributed by atoms with Crippen molar-refractivity contribution in [1.82, 2.24) is 4.98 Å². The third-order valence-electron chi connectivity index (χ3n) is 2.42. The first-order valence-electron chi connectivity index (χ1n) is 5.39. The molecule has 0 radical (unpaired) electrons. The zero-order chi connectivity index (χ0) is 14.0. The Morgan fingerprint density at radius 3 is 2.47 bits per heavy atom. The molecule has 6 nitrogen and oxygen atoms in total. The Bertz CT molecular complexity index is 696. The maximum atomic E-state index is 12.0. The Morgan fingerprint density at radius 2 is 1.89 bits per heavy atom. The molecule has 0 fully saturated rings. The quantitative estimate of drug-likeness (QED) is 0.924. The monoisotopic (exact) mass is 280 g/mol. The SMILES string of the molecule is COc1cc2nc(NC(C)=O)sc(=O)c2cc1OC. The van der Waals surface area contributed by atoms with Crippen molar-refractivity contribution in [3.05, 3.63) is 21.7 Å². The van der Waals surface area contributed by atoms with E-state index in [4.69, 9.17) is 9.47 Å². The molecule has 0 spiro atoms. The van der Waals surface area contributed by atoms with Gasteiger partial charge in [0.25, 0.3) is 0 Å². The van der Waals surface area contributed by atoms with E-state index < -0.39 is 0 Å². The summed E-state index contributed by atoms with van der Waals surface area (Å²) in [5, 5.41) is 3.19. The molecule has 1 aromatic heterocycles. The molecule has 19 heavy (non-hydrogen) atoms. The predicted octanol–water partition coefficient (Wildman–Crippen LogP) is 1.63. The number of hydrogen-bond donors (Lipinski definition) is 1. The van der Waals surface area contributed by atoms with Gasteiger partial charge in [0.05, 0.1) is 25.1 Å². The number of ether oxygens (including phenoxy) is 2. The molecule has 0 aliphatic rings. The summed E-state index contributed by atoms with van der Waals surface area (Å²) in [4.78, 5) is 27.2. The van der Waals surface area contributed by atoms with E-state index in [9.17, 15) is 9.59 Å². The molecule has 2 rings (SSSR count). The summed E-state index contributed by atoms with van der Waals surface area (Å²) in [7, 11) is 3.00. The summed E-state index contributed by atoms with van der Waals surface area (Å²) < 4.78 is 10.1. The van der Waals surface area contributed by atoms with Gasteiger partial charge < -0.3 is 14.8 Å². The minimum Gasteiger partial charge on any atom is -0.493 e. The summed E-state index contributed by atoms with van der Waals surface area (Å²) >= 11 is 0.873. The highest BCUT2D eigenvalue weighted by Crippen LogP contribution is 2.31. The number of fused-ring (bicyclic) bond motifs is 1. The summed E-state index contributed by atoms with van der Waals surface area (Å²) in [6.45, 7) is 1.36. The highest BCUT2D eigenvalue weighted by molar-refractivity contribution is 7.13. The molecular weight excluding hydrogens is 268 g/mol. The first kappa shape index (κ1) is 13.3. The van der Waals surface area contributed by atoms with Crippen LogP contribution in [0.1, 0.15) is 6.92 Å². The predicted molar refractivity (Wildman–Crippen MR) is 73.3 cm³/mol. The van der Waals surface area contributed by atoms with Crippen molar-refractivity contribution in [3.63, 3.8) is 0 Å². The number of anilines is 1. The van der Waals surface area contributed by atoms with Gasteiger partial charge in [-0.05, 0) is 6.07 Å². The topological polar surface area (TPSA) is 77.5 Å². The lowest BCUT2D eigenvalue weighted by Crippen LogP contribution is -2.09. The Morgan fingerprint density at radius 1 is 1.26 bits per heavy atom. The second kappa shape index (κ2) is 5.23. The molecule has 0 saturated heterocycles. The number of amides is 1. The van der Waals surface area contributed by atoms with Crippen LogP contribution >= 0.6 is 11.3 Å². The van der Waals surface area contributed by atoms with Crippen molar-refractivity contribution in [1.29, 1.82) is 0 Å². The first-order valence-corrected chi connectivity index (χ1v) is 6.21. The van der Waals surface area contributed by atoms with Gasteiger partial charge in [0.1, 0.15) is 0 Å². The van der Waals surface area contributed by atoms with Crippen molar-refractivity contribution in [2.75, 3.05) is 19.5 Å². The van der Waals surface area contributed by atoms with Crippen LogP contribution in [-0.4, -0.2) is 25.1 Å². The van der Waals surface area contributed by atoms with Gasteiger partial charge in [0.2, 0.25) is 10.6 Å². The standard InChI is InChI=1S/C12H12N2O4S/c1-6(15)13-12-14-8-5-10(18-3)9(17-2)4-7(8)11(16)19-12/h4-5H,1-3H3,(H,13,14,15). The lowest BCUT2D eigenvalue weighted by atomic mass is 10.2. The van der Waals surface area contributed by atoms with Crippen molar-refractivity contribution in [3.8, 4) is 11.5 Å². The molecule has 0 bridgehead atoms. The number of aromatic nitrogens is 1. The minimum absolute atomic E-state index is 0.199. The molecule has 0 aliphatic carbocycles. The molecule has 0 saturated carbocycles. The van der Waals surface area contributed by atoms with E-state index in [2.05, 4.69) is 10.3 Å². The van der Waals surface area contributed by atoms with Crippen LogP contribution in [0.25, 0.3) is 10.9 Å². The van der Waals surface area contributed by atoms with Gasteiger partial charge in [-0.15, -0.1) is 0 Å². The molecule has 1 aromatic carbocycles. The van der Waals surface area contributed by atoms with Crippen LogP contribution in [0.5, 0.6) is 11.5 Å². The van der Waals surface area contributed by atoms with Crippen molar-refractivity contribution in [2.24, 2.45) is 0 Å². The van der Waals surface area contributed by atoms with E-state index >= 15 is 0 Å². The number of carbonyl (C=O) groups is 1.